The van der Waals surface area contributed by atoms with E-state index in [2.05, 4.69) is 10.0 Å². The first kappa shape index (κ1) is 25.4. The number of nitrogens with zero attached hydrogens (tertiary/aromatic N) is 3. The average molecular weight is 484 g/mol. The first-order valence-electron chi connectivity index (χ1n) is 11.9. The third-order valence-corrected chi connectivity index (χ3v) is 6.11. The highest BCUT2D eigenvalue weighted by Crippen LogP contribution is 2.41. The van der Waals surface area contributed by atoms with Crippen LogP contribution in [-0.2, 0) is 36.9 Å². The van der Waals surface area contributed by atoms with Crippen LogP contribution in [0.2, 0.25) is 0 Å². The number of fused-ring (bicyclic) bond motifs is 1. The topological polar surface area (TPSA) is 104 Å². The summed E-state index contributed by atoms with van der Waals surface area (Å²) in [6, 6.07) is 17.7. The lowest BCUT2D eigenvalue weighted by atomic mass is 10.0. The van der Waals surface area contributed by atoms with Gasteiger partial charge in [-0.3, -0.25) is 0 Å². The van der Waals surface area contributed by atoms with E-state index in [0.717, 1.165) is 16.9 Å². The van der Waals surface area contributed by atoms with Gasteiger partial charge in [-0.05, 0) is 55.5 Å². The number of rotatable bonds is 12. The van der Waals surface area contributed by atoms with E-state index < -0.39 is 24.3 Å². The van der Waals surface area contributed by atoms with Gasteiger partial charge in [0.1, 0.15) is 24.1 Å². The fraction of sp³-hybridized carbons (Fsp3) is 0.538. The first-order valence-corrected chi connectivity index (χ1v) is 11.9. The monoisotopic (exact) mass is 483 g/mol. The molecule has 0 bridgehead atoms. The van der Waals surface area contributed by atoms with Crippen LogP contribution in [0.25, 0.3) is 10.4 Å². The molecule has 4 rings (SSSR count). The third kappa shape index (κ3) is 6.73. The summed E-state index contributed by atoms with van der Waals surface area (Å²) in [4.78, 5) is 2.86. The quantitative estimate of drug-likeness (QED) is 0.179. The van der Waals surface area contributed by atoms with Crippen LogP contribution < -0.4 is 4.74 Å². The van der Waals surface area contributed by atoms with Gasteiger partial charge in [-0.2, -0.15) is 0 Å². The highest BCUT2D eigenvalue weighted by atomic mass is 16.8. The molecule has 35 heavy (non-hydrogen) atoms. The van der Waals surface area contributed by atoms with Gasteiger partial charge in [0.15, 0.2) is 12.1 Å². The Morgan fingerprint density at radius 3 is 2.49 bits per heavy atom. The second-order valence-corrected chi connectivity index (χ2v) is 9.12. The van der Waals surface area contributed by atoms with Gasteiger partial charge in [-0.15, -0.1) is 0 Å². The van der Waals surface area contributed by atoms with Crippen molar-refractivity contribution >= 4 is 0 Å². The highest BCUT2D eigenvalue weighted by Gasteiger charge is 2.57. The minimum Gasteiger partial charge on any atom is -0.497 e. The zero-order valence-corrected chi connectivity index (χ0v) is 20.4. The Balaban J connectivity index is 1.50. The zero-order chi connectivity index (χ0) is 24.7. The second kappa shape index (κ2) is 11.9. The molecule has 188 valence electrons. The van der Waals surface area contributed by atoms with E-state index in [-0.39, 0.29) is 12.2 Å². The minimum absolute atomic E-state index is 0.300. The van der Waals surface area contributed by atoms with Crippen LogP contribution in [0.4, 0.5) is 0 Å². The van der Waals surface area contributed by atoms with Crippen molar-refractivity contribution in [1.82, 2.24) is 0 Å². The van der Waals surface area contributed by atoms with Crippen molar-refractivity contribution in [3.05, 3.63) is 76.2 Å². The maximum Gasteiger partial charge on any atom is 0.190 e. The standard InChI is InChI=1S/C26H33N3O6/c1-26(2)34-24-23(32-17-19-11-13-20(30-3)14-12-19)22(33-25(24)35-26)21(10-7-15-28-29-27)31-16-18-8-5-4-6-9-18/h4-6,8-9,11-14,21-25H,7,10,15-17H2,1-3H3/t21-,22-,23+,24?,25-/m1/s1. The normalized spacial score (nSPS) is 25.6. The highest BCUT2D eigenvalue weighted by molar-refractivity contribution is 5.26. The Morgan fingerprint density at radius 1 is 1.03 bits per heavy atom. The molecule has 2 aliphatic rings. The van der Waals surface area contributed by atoms with Crippen LogP contribution in [0.1, 0.15) is 37.8 Å². The number of hydrogen-bond donors (Lipinski definition) is 0. The summed E-state index contributed by atoms with van der Waals surface area (Å²) in [5, 5.41) is 3.67. The van der Waals surface area contributed by atoms with Gasteiger partial charge in [-0.1, -0.05) is 47.6 Å². The van der Waals surface area contributed by atoms with E-state index in [1.54, 1.807) is 7.11 Å². The van der Waals surface area contributed by atoms with Crippen LogP contribution in [0.15, 0.2) is 59.7 Å². The summed E-state index contributed by atoms with van der Waals surface area (Å²) in [6.45, 7) is 4.94. The molecule has 2 heterocycles. The summed E-state index contributed by atoms with van der Waals surface area (Å²) in [5.74, 6) is 0.0313. The molecule has 0 spiro atoms. The summed E-state index contributed by atoms with van der Waals surface area (Å²) >= 11 is 0. The van der Waals surface area contributed by atoms with Crippen molar-refractivity contribution in [1.29, 1.82) is 0 Å². The molecular weight excluding hydrogens is 450 g/mol. The van der Waals surface area contributed by atoms with Crippen molar-refractivity contribution in [2.45, 2.75) is 76.4 Å². The van der Waals surface area contributed by atoms with Gasteiger partial charge < -0.3 is 28.4 Å². The molecule has 2 fully saturated rings. The summed E-state index contributed by atoms with van der Waals surface area (Å²) < 4.78 is 36.6. The summed E-state index contributed by atoms with van der Waals surface area (Å²) in [7, 11) is 1.64. The molecule has 2 aliphatic heterocycles. The van der Waals surface area contributed by atoms with Crippen LogP contribution in [0.3, 0.4) is 0 Å². The van der Waals surface area contributed by atoms with E-state index in [1.165, 1.54) is 0 Å². The fourth-order valence-electron chi connectivity index (χ4n) is 4.44. The lowest BCUT2D eigenvalue weighted by Crippen LogP contribution is -2.43. The summed E-state index contributed by atoms with van der Waals surface area (Å²) in [6.07, 6.45) is -0.730. The lowest BCUT2D eigenvalue weighted by molar-refractivity contribution is -0.235. The number of benzene rings is 2. The van der Waals surface area contributed by atoms with E-state index >= 15 is 0 Å². The molecular formula is C26H33N3O6. The van der Waals surface area contributed by atoms with Gasteiger partial charge in [0.25, 0.3) is 0 Å². The molecule has 2 saturated heterocycles. The van der Waals surface area contributed by atoms with Gasteiger partial charge in [0, 0.05) is 11.5 Å². The smallest absolute Gasteiger partial charge is 0.190 e. The van der Waals surface area contributed by atoms with Crippen LogP contribution in [0, 0.1) is 0 Å². The SMILES string of the molecule is COc1ccc(CO[C@@H]2C3OC(C)(C)O[C@H]3O[C@@H]2[C@@H](CCCN=[N+]=[N-])OCc2ccccc2)cc1. The van der Waals surface area contributed by atoms with Gasteiger partial charge in [0.05, 0.1) is 26.4 Å². The molecule has 0 aromatic heterocycles. The molecule has 5 atom stereocenters. The van der Waals surface area contributed by atoms with E-state index in [1.807, 2.05) is 68.4 Å². The van der Waals surface area contributed by atoms with Gasteiger partial charge in [-0.25, -0.2) is 0 Å². The van der Waals surface area contributed by atoms with E-state index in [4.69, 9.17) is 34.0 Å². The Bertz CT molecular complexity index is 980. The Kier molecular flexibility index (Phi) is 8.62. The molecule has 0 N–H and O–H groups in total. The Hall–Kier alpha value is -2.65. The van der Waals surface area contributed by atoms with Gasteiger partial charge >= 0.3 is 0 Å². The molecule has 2 aromatic rings. The Morgan fingerprint density at radius 2 is 1.77 bits per heavy atom. The molecule has 0 aliphatic carbocycles. The zero-order valence-electron chi connectivity index (χ0n) is 20.4. The molecule has 1 unspecified atom stereocenters. The molecule has 0 saturated carbocycles. The van der Waals surface area contributed by atoms with Crippen molar-refractivity contribution in [3.8, 4) is 5.75 Å². The molecule has 2 aromatic carbocycles. The molecule has 9 heteroatoms. The number of methoxy groups -OCH3 is 1. The maximum atomic E-state index is 8.65. The third-order valence-electron chi connectivity index (χ3n) is 6.11. The molecule has 0 amide bonds. The lowest BCUT2D eigenvalue weighted by Gasteiger charge is -2.31. The Labute approximate surface area is 205 Å². The molecule has 9 nitrogen and oxygen atoms in total. The maximum absolute atomic E-state index is 8.65. The van der Waals surface area contributed by atoms with Crippen molar-refractivity contribution in [2.75, 3.05) is 13.7 Å². The molecule has 0 radical (unpaired) electrons. The van der Waals surface area contributed by atoms with Crippen LogP contribution in [-0.4, -0.2) is 50.1 Å². The average Bonchev–Trinajstić information content (AvgIpc) is 3.34. The minimum atomic E-state index is -0.760. The predicted octanol–water partition coefficient (Wildman–Crippen LogP) is 5.13. The largest absolute Gasteiger partial charge is 0.497 e. The van der Waals surface area contributed by atoms with Crippen LogP contribution >= 0.6 is 0 Å². The summed E-state index contributed by atoms with van der Waals surface area (Å²) in [5.41, 5.74) is 10.7. The number of ether oxygens (including phenoxy) is 6. The van der Waals surface area contributed by atoms with E-state index in [9.17, 15) is 0 Å². The first-order chi connectivity index (χ1) is 17.0. The number of azide groups is 1. The predicted molar refractivity (Wildman–Crippen MR) is 129 cm³/mol. The second-order valence-electron chi connectivity index (χ2n) is 9.12. The van der Waals surface area contributed by atoms with Crippen molar-refractivity contribution in [3.63, 3.8) is 0 Å². The van der Waals surface area contributed by atoms with Crippen molar-refractivity contribution in [2.24, 2.45) is 5.11 Å². The van der Waals surface area contributed by atoms with Crippen LogP contribution in [0.5, 0.6) is 5.75 Å². The van der Waals surface area contributed by atoms with Gasteiger partial charge in [0.2, 0.25) is 0 Å². The van der Waals surface area contributed by atoms with Crippen molar-refractivity contribution < 1.29 is 28.4 Å². The number of hydrogen-bond acceptors (Lipinski definition) is 7. The van der Waals surface area contributed by atoms with E-state index in [0.29, 0.717) is 32.6 Å². The fourth-order valence-corrected chi connectivity index (χ4v) is 4.44.